The molecule has 18 heavy (non-hydrogen) atoms. The second-order valence-corrected chi connectivity index (χ2v) is 8.41. The van der Waals surface area contributed by atoms with E-state index < -0.39 is 6.29 Å². The molecule has 0 saturated heterocycles. The van der Waals surface area contributed by atoms with E-state index in [9.17, 15) is 0 Å². The summed E-state index contributed by atoms with van der Waals surface area (Å²) in [5, 5.41) is 18.3. The molecule has 0 saturated carbocycles. The number of hydrogen-bond donors (Lipinski definition) is 4. The van der Waals surface area contributed by atoms with Crippen LogP contribution in [0.1, 0.15) is 33.6 Å². The average Bonchev–Trinajstić information content (AvgIpc) is 2.31. The van der Waals surface area contributed by atoms with Crippen molar-refractivity contribution in [3.05, 3.63) is 0 Å². The van der Waals surface area contributed by atoms with E-state index in [1.807, 2.05) is 19.0 Å². The van der Waals surface area contributed by atoms with Crippen molar-refractivity contribution in [2.24, 2.45) is 0 Å². The Morgan fingerprint density at radius 1 is 1.39 bits per heavy atom. The van der Waals surface area contributed by atoms with Gasteiger partial charge in [0, 0.05) is 4.75 Å². The first-order chi connectivity index (χ1) is 8.21. The standard InChI is InChI=1S/C11H26N2O2S3/c1-8(10(14)15)13(5)9(16)6-7-11(2,3)17-18-12-4/h8-10,12,14-16H,6-7H2,1-5H3/t8-,9?/m0/s1. The van der Waals surface area contributed by atoms with Gasteiger partial charge in [0.2, 0.25) is 0 Å². The van der Waals surface area contributed by atoms with Crippen molar-refractivity contribution >= 4 is 34.4 Å². The van der Waals surface area contributed by atoms with Crippen LogP contribution in [0.5, 0.6) is 0 Å². The van der Waals surface area contributed by atoms with Crippen molar-refractivity contribution in [2.75, 3.05) is 14.1 Å². The third kappa shape index (κ3) is 7.47. The van der Waals surface area contributed by atoms with E-state index in [-0.39, 0.29) is 16.2 Å². The monoisotopic (exact) mass is 314 g/mol. The van der Waals surface area contributed by atoms with Gasteiger partial charge in [-0.25, -0.2) is 0 Å². The number of rotatable bonds is 9. The van der Waals surface area contributed by atoms with E-state index in [1.165, 1.54) is 0 Å². The second-order valence-electron chi connectivity index (χ2n) is 4.97. The van der Waals surface area contributed by atoms with Gasteiger partial charge in [0.1, 0.15) is 0 Å². The largest absolute Gasteiger partial charge is 0.367 e. The molecule has 0 amide bonds. The summed E-state index contributed by atoms with van der Waals surface area (Å²) in [6, 6.07) is -0.310. The highest BCUT2D eigenvalue weighted by Gasteiger charge is 2.25. The highest BCUT2D eigenvalue weighted by atomic mass is 33.1. The van der Waals surface area contributed by atoms with Gasteiger partial charge >= 0.3 is 0 Å². The Bertz CT molecular complexity index is 230. The zero-order valence-corrected chi connectivity index (χ0v) is 14.3. The molecule has 0 fully saturated rings. The molecule has 0 aromatic carbocycles. The van der Waals surface area contributed by atoms with Crippen LogP contribution in [0, 0.1) is 0 Å². The molecule has 0 aromatic rings. The minimum absolute atomic E-state index is 0.0289. The lowest BCUT2D eigenvalue weighted by atomic mass is 10.1. The molecule has 0 aliphatic rings. The fourth-order valence-corrected chi connectivity index (χ4v) is 3.38. The van der Waals surface area contributed by atoms with E-state index in [2.05, 4.69) is 31.2 Å². The molecule has 0 bridgehead atoms. The highest BCUT2D eigenvalue weighted by Crippen LogP contribution is 2.37. The number of hydrogen-bond acceptors (Lipinski definition) is 7. The number of aliphatic hydroxyl groups is 2. The number of aliphatic hydroxyl groups excluding tert-OH is 1. The van der Waals surface area contributed by atoms with Gasteiger partial charge < -0.3 is 10.2 Å². The summed E-state index contributed by atoms with van der Waals surface area (Å²) >= 11 is 4.53. The lowest BCUT2D eigenvalue weighted by Crippen LogP contribution is -2.43. The molecule has 2 atom stereocenters. The molecule has 0 aromatic heterocycles. The molecule has 0 radical (unpaired) electrons. The van der Waals surface area contributed by atoms with E-state index in [0.29, 0.717) is 0 Å². The second kappa shape index (κ2) is 8.94. The maximum absolute atomic E-state index is 9.15. The molecule has 0 spiro atoms. The van der Waals surface area contributed by atoms with E-state index >= 15 is 0 Å². The van der Waals surface area contributed by atoms with Crippen molar-refractivity contribution < 1.29 is 10.2 Å². The summed E-state index contributed by atoms with van der Waals surface area (Å²) in [6.45, 7) is 6.18. The molecule has 0 aliphatic heterocycles. The minimum Gasteiger partial charge on any atom is -0.367 e. The summed E-state index contributed by atoms with van der Waals surface area (Å²) < 4.78 is 3.21. The van der Waals surface area contributed by atoms with Crippen molar-refractivity contribution in [3.8, 4) is 0 Å². The smallest absolute Gasteiger partial charge is 0.167 e. The van der Waals surface area contributed by atoms with Crippen molar-refractivity contribution in [1.82, 2.24) is 9.62 Å². The highest BCUT2D eigenvalue weighted by molar-refractivity contribution is 8.76. The number of likely N-dealkylation sites (N-methyl/N-ethyl adjacent to an activating group) is 1. The van der Waals surface area contributed by atoms with Crippen molar-refractivity contribution in [2.45, 2.75) is 56.1 Å². The Labute approximate surface area is 124 Å². The van der Waals surface area contributed by atoms with Crippen LogP contribution < -0.4 is 4.72 Å². The topological polar surface area (TPSA) is 55.7 Å². The number of thiol groups is 1. The third-order valence-corrected chi connectivity index (χ3v) is 6.53. The molecule has 0 heterocycles. The Balaban J connectivity index is 4.12. The van der Waals surface area contributed by atoms with E-state index in [1.54, 1.807) is 28.7 Å². The quantitative estimate of drug-likeness (QED) is 0.226. The maximum Gasteiger partial charge on any atom is 0.167 e. The van der Waals surface area contributed by atoms with Gasteiger partial charge in [0.15, 0.2) is 6.29 Å². The van der Waals surface area contributed by atoms with E-state index in [4.69, 9.17) is 10.2 Å². The van der Waals surface area contributed by atoms with Crippen LogP contribution in [0.2, 0.25) is 0 Å². The Morgan fingerprint density at radius 2 is 1.94 bits per heavy atom. The molecular weight excluding hydrogens is 288 g/mol. The fraction of sp³-hybridized carbons (Fsp3) is 1.00. The molecule has 0 rings (SSSR count). The Hall–Kier alpha value is 0.890. The van der Waals surface area contributed by atoms with Crippen LogP contribution in [-0.4, -0.2) is 51.7 Å². The molecular formula is C11H26N2O2S3. The van der Waals surface area contributed by atoms with Gasteiger partial charge in [-0.05, 0) is 58.7 Å². The van der Waals surface area contributed by atoms with Gasteiger partial charge in [-0.3, -0.25) is 9.62 Å². The van der Waals surface area contributed by atoms with Gasteiger partial charge in [-0.15, -0.1) is 0 Å². The first kappa shape index (κ1) is 18.9. The van der Waals surface area contributed by atoms with Crippen LogP contribution in [0.25, 0.3) is 0 Å². The predicted octanol–water partition coefficient (Wildman–Crippen LogP) is 1.95. The van der Waals surface area contributed by atoms with Crippen molar-refractivity contribution in [3.63, 3.8) is 0 Å². The van der Waals surface area contributed by atoms with Crippen LogP contribution in [0.15, 0.2) is 0 Å². The summed E-state index contributed by atoms with van der Waals surface area (Å²) in [5.41, 5.74) is 0. The first-order valence-electron chi connectivity index (χ1n) is 5.99. The Morgan fingerprint density at radius 3 is 2.39 bits per heavy atom. The predicted molar refractivity (Wildman–Crippen MR) is 85.8 cm³/mol. The Kier molecular flexibility index (Phi) is 9.38. The number of nitrogens with zero attached hydrogens (tertiary/aromatic N) is 1. The first-order valence-corrected chi connectivity index (χ1v) is 8.65. The SMILES string of the molecule is CNSSC(C)(C)CCC(S)N(C)[C@@H](C)C(O)O. The van der Waals surface area contributed by atoms with Gasteiger partial charge in [-0.1, -0.05) is 10.8 Å². The molecule has 1 unspecified atom stereocenters. The minimum atomic E-state index is -1.33. The molecule has 110 valence electrons. The lowest BCUT2D eigenvalue weighted by Gasteiger charge is -2.33. The summed E-state index contributed by atoms with van der Waals surface area (Å²) in [5.74, 6) is 0. The molecule has 4 nitrogen and oxygen atoms in total. The number of nitrogens with one attached hydrogen (secondary N) is 1. The maximum atomic E-state index is 9.15. The van der Waals surface area contributed by atoms with Crippen LogP contribution in [-0.2, 0) is 0 Å². The van der Waals surface area contributed by atoms with Crippen LogP contribution in [0.4, 0.5) is 0 Å². The zero-order chi connectivity index (χ0) is 14.3. The lowest BCUT2D eigenvalue weighted by molar-refractivity contribution is -0.0921. The molecule has 7 heteroatoms. The normalized spacial score (nSPS) is 16.3. The van der Waals surface area contributed by atoms with Gasteiger partial charge in [0.05, 0.1) is 11.4 Å². The summed E-state index contributed by atoms with van der Waals surface area (Å²) in [7, 11) is 7.21. The van der Waals surface area contributed by atoms with Gasteiger partial charge in [0.25, 0.3) is 0 Å². The van der Waals surface area contributed by atoms with Crippen molar-refractivity contribution in [1.29, 1.82) is 0 Å². The zero-order valence-electron chi connectivity index (χ0n) is 11.8. The van der Waals surface area contributed by atoms with Crippen LogP contribution >= 0.6 is 34.4 Å². The van der Waals surface area contributed by atoms with Gasteiger partial charge in [-0.2, -0.15) is 12.6 Å². The third-order valence-electron chi connectivity index (χ3n) is 2.90. The molecule has 0 aliphatic carbocycles. The van der Waals surface area contributed by atoms with Crippen LogP contribution in [0.3, 0.4) is 0 Å². The molecule has 3 N–H and O–H groups in total. The van der Waals surface area contributed by atoms with E-state index in [0.717, 1.165) is 12.8 Å². The average molecular weight is 315 g/mol. The fourth-order valence-electron chi connectivity index (χ4n) is 1.36. The summed E-state index contributed by atoms with van der Waals surface area (Å²) in [4.78, 5) is 1.89. The summed E-state index contributed by atoms with van der Waals surface area (Å²) in [6.07, 6.45) is 0.590.